The van der Waals surface area contributed by atoms with Crippen LogP contribution in [0.15, 0.2) is 0 Å². The molecular formula is C10H15F3N2O4. The molecule has 0 aromatic heterocycles. The summed E-state index contributed by atoms with van der Waals surface area (Å²) < 4.78 is 35.6. The summed E-state index contributed by atoms with van der Waals surface area (Å²) in [6.07, 6.45) is -6.58. The summed E-state index contributed by atoms with van der Waals surface area (Å²) in [5.41, 5.74) is 0. The standard InChI is InChI=1S/C10H15F3N2O4/c11-10(12,13)2-1-3-14-9(19)15-5-6(16)4-7(15)8(17)18/h6-7,16H,1-5H2,(H,14,19)(H,17,18)/t6-,7+/m1/s1. The molecule has 1 aliphatic rings. The molecule has 2 atom stereocenters. The Morgan fingerprint density at radius 2 is 2.00 bits per heavy atom. The fourth-order valence-electron chi connectivity index (χ4n) is 1.86. The van der Waals surface area contributed by atoms with Gasteiger partial charge in [-0.15, -0.1) is 0 Å². The average Bonchev–Trinajstić information content (AvgIpc) is 2.65. The molecule has 1 heterocycles. The van der Waals surface area contributed by atoms with Gasteiger partial charge >= 0.3 is 18.2 Å². The molecule has 0 aromatic rings. The number of aliphatic hydroxyl groups is 1. The zero-order valence-electron chi connectivity index (χ0n) is 9.98. The third-order valence-corrected chi connectivity index (χ3v) is 2.74. The number of aliphatic carboxylic acids is 1. The second-order valence-electron chi connectivity index (χ2n) is 4.35. The first kappa shape index (κ1) is 15.5. The summed E-state index contributed by atoms with van der Waals surface area (Å²) in [6.45, 7) is -0.334. The number of halogens is 3. The van der Waals surface area contributed by atoms with Gasteiger partial charge in [-0.1, -0.05) is 0 Å². The molecule has 0 spiro atoms. The zero-order valence-corrected chi connectivity index (χ0v) is 9.98. The summed E-state index contributed by atoms with van der Waals surface area (Å²) in [7, 11) is 0. The average molecular weight is 284 g/mol. The van der Waals surface area contributed by atoms with Gasteiger partial charge in [0.1, 0.15) is 6.04 Å². The van der Waals surface area contributed by atoms with Gasteiger partial charge in [-0.05, 0) is 6.42 Å². The van der Waals surface area contributed by atoms with Crippen LogP contribution in [0.4, 0.5) is 18.0 Å². The number of hydrogen-bond donors (Lipinski definition) is 3. The molecule has 0 aromatic carbocycles. The first-order valence-corrected chi connectivity index (χ1v) is 5.73. The van der Waals surface area contributed by atoms with Gasteiger partial charge in [-0.3, -0.25) is 0 Å². The van der Waals surface area contributed by atoms with Crippen molar-refractivity contribution in [2.75, 3.05) is 13.1 Å². The van der Waals surface area contributed by atoms with Crippen LogP contribution in [-0.4, -0.2) is 58.5 Å². The van der Waals surface area contributed by atoms with Crippen LogP contribution in [0.1, 0.15) is 19.3 Å². The second kappa shape index (κ2) is 6.09. The number of hydrogen-bond acceptors (Lipinski definition) is 3. The molecule has 2 amide bonds. The molecular weight excluding hydrogens is 269 g/mol. The summed E-state index contributed by atoms with van der Waals surface area (Å²) in [5, 5.41) is 20.4. The van der Waals surface area contributed by atoms with E-state index in [9.17, 15) is 27.9 Å². The van der Waals surface area contributed by atoms with Crippen LogP contribution in [0.5, 0.6) is 0 Å². The van der Waals surface area contributed by atoms with Crippen LogP contribution < -0.4 is 5.32 Å². The van der Waals surface area contributed by atoms with Crippen molar-refractivity contribution in [1.29, 1.82) is 0 Å². The number of likely N-dealkylation sites (tertiary alicyclic amines) is 1. The Kier molecular flexibility index (Phi) is 4.98. The fourth-order valence-corrected chi connectivity index (χ4v) is 1.86. The third kappa shape index (κ3) is 4.93. The van der Waals surface area contributed by atoms with Crippen molar-refractivity contribution in [2.45, 2.75) is 37.6 Å². The van der Waals surface area contributed by atoms with Gasteiger partial charge in [0.05, 0.1) is 6.10 Å². The van der Waals surface area contributed by atoms with Crippen LogP contribution in [0.25, 0.3) is 0 Å². The van der Waals surface area contributed by atoms with Crippen molar-refractivity contribution in [3.63, 3.8) is 0 Å². The van der Waals surface area contributed by atoms with Crippen LogP contribution in [-0.2, 0) is 4.79 Å². The summed E-state index contributed by atoms with van der Waals surface area (Å²) >= 11 is 0. The normalized spacial score (nSPS) is 23.5. The number of nitrogens with one attached hydrogen (secondary N) is 1. The van der Waals surface area contributed by atoms with Gasteiger partial charge in [0.2, 0.25) is 0 Å². The molecule has 0 radical (unpaired) electrons. The molecule has 3 N–H and O–H groups in total. The molecule has 1 rings (SSSR count). The predicted octanol–water partition coefficient (Wildman–Crippen LogP) is 0.558. The van der Waals surface area contributed by atoms with E-state index in [0.29, 0.717) is 0 Å². The minimum atomic E-state index is -4.28. The number of nitrogens with zero attached hydrogens (tertiary/aromatic N) is 1. The fraction of sp³-hybridized carbons (Fsp3) is 0.800. The molecule has 0 unspecified atom stereocenters. The van der Waals surface area contributed by atoms with Crippen LogP contribution in [0.3, 0.4) is 0 Å². The van der Waals surface area contributed by atoms with E-state index in [1.807, 2.05) is 0 Å². The first-order chi connectivity index (χ1) is 8.70. The lowest BCUT2D eigenvalue weighted by molar-refractivity contribution is -0.141. The molecule has 9 heteroatoms. The van der Waals surface area contributed by atoms with E-state index < -0.39 is 36.7 Å². The number of alkyl halides is 3. The Bertz CT molecular complexity index is 348. The highest BCUT2D eigenvalue weighted by Crippen LogP contribution is 2.21. The van der Waals surface area contributed by atoms with Gasteiger partial charge in [0.25, 0.3) is 0 Å². The predicted molar refractivity (Wildman–Crippen MR) is 57.4 cm³/mol. The lowest BCUT2D eigenvalue weighted by Gasteiger charge is -2.21. The Labute approximate surface area is 107 Å². The maximum absolute atomic E-state index is 11.9. The maximum Gasteiger partial charge on any atom is 0.389 e. The van der Waals surface area contributed by atoms with E-state index in [0.717, 1.165) is 4.90 Å². The lowest BCUT2D eigenvalue weighted by atomic mass is 10.2. The summed E-state index contributed by atoms with van der Waals surface area (Å²) in [4.78, 5) is 23.3. The Morgan fingerprint density at radius 3 is 2.53 bits per heavy atom. The van der Waals surface area contributed by atoms with E-state index in [4.69, 9.17) is 5.11 Å². The molecule has 1 aliphatic heterocycles. The number of carboxylic acids is 1. The molecule has 0 saturated carbocycles. The first-order valence-electron chi connectivity index (χ1n) is 5.73. The zero-order chi connectivity index (χ0) is 14.6. The highest BCUT2D eigenvalue weighted by atomic mass is 19.4. The number of rotatable bonds is 4. The van der Waals surface area contributed by atoms with Crippen molar-refractivity contribution in [3.8, 4) is 0 Å². The number of amides is 2. The van der Waals surface area contributed by atoms with Crippen LogP contribution in [0.2, 0.25) is 0 Å². The molecule has 1 fully saturated rings. The second-order valence-corrected chi connectivity index (χ2v) is 4.35. The highest BCUT2D eigenvalue weighted by molar-refractivity contribution is 5.83. The number of β-amino-alcohol motifs (C(OH)–C–C–N with tert-alkyl or cyclic N) is 1. The minimum absolute atomic E-state index is 0.0781. The van der Waals surface area contributed by atoms with Gasteiger partial charge in [0, 0.05) is 25.9 Å². The summed E-state index contributed by atoms with van der Waals surface area (Å²) in [5.74, 6) is -1.25. The topological polar surface area (TPSA) is 89.9 Å². The molecule has 0 aliphatic carbocycles. The quantitative estimate of drug-likeness (QED) is 0.658. The number of urea groups is 1. The van der Waals surface area contributed by atoms with Crippen LogP contribution in [0, 0.1) is 0 Å². The lowest BCUT2D eigenvalue weighted by Crippen LogP contribution is -2.46. The number of carboxylic acid groups (broad SMARTS) is 1. The number of carbonyl (C=O) groups is 2. The minimum Gasteiger partial charge on any atom is -0.480 e. The summed E-state index contributed by atoms with van der Waals surface area (Å²) in [6, 6.07) is -1.91. The van der Waals surface area contributed by atoms with Gasteiger partial charge < -0.3 is 20.4 Å². The van der Waals surface area contributed by atoms with E-state index in [1.54, 1.807) is 0 Å². The van der Waals surface area contributed by atoms with Crippen molar-refractivity contribution in [1.82, 2.24) is 10.2 Å². The number of carbonyl (C=O) groups excluding carboxylic acids is 1. The van der Waals surface area contributed by atoms with E-state index >= 15 is 0 Å². The van der Waals surface area contributed by atoms with E-state index in [2.05, 4.69) is 5.32 Å². The number of aliphatic hydroxyl groups excluding tert-OH is 1. The van der Waals surface area contributed by atoms with Crippen LogP contribution >= 0.6 is 0 Å². The third-order valence-electron chi connectivity index (χ3n) is 2.74. The van der Waals surface area contributed by atoms with Crippen molar-refractivity contribution in [2.24, 2.45) is 0 Å². The SMILES string of the molecule is O=C(O)[C@@H]1C[C@@H](O)CN1C(=O)NCCCC(F)(F)F. The van der Waals surface area contributed by atoms with E-state index in [-0.39, 0.29) is 25.9 Å². The molecule has 1 saturated heterocycles. The van der Waals surface area contributed by atoms with Crippen molar-refractivity contribution in [3.05, 3.63) is 0 Å². The van der Waals surface area contributed by atoms with Gasteiger partial charge in [-0.2, -0.15) is 13.2 Å². The molecule has 0 bridgehead atoms. The Hall–Kier alpha value is -1.51. The monoisotopic (exact) mass is 284 g/mol. The van der Waals surface area contributed by atoms with E-state index in [1.165, 1.54) is 0 Å². The van der Waals surface area contributed by atoms with Gasteiger partial charge in [0.15, 0.2) is 0 Å². The Balaban J connectivity index is 2.38. The highest BCUT2D eigenvalue weighted by Gasteiger charge is 2.38. The van der Waals surface area contributed by atoms with Crippen molar-refractivity contribution < 1.29 is 33.0 Å². The van der Waals surface area contributed by atoms with Crippen molar-refractivity contribution >= 4 is 12.0 Å². The molecule has 6 nitrogen and oxygen atoms in total. The molecule has 110 valence electrons. The molecule has 19 heavy (non-hydrogen) atoms. The largest absolute Gasteiger partial charge is 0.480 e. The van der Waals surface area contributed by atoms with Gasteiger partial charge in [-0.25, -0.2) is 9.59 Å². The Morgan fingerprint density at radius 1 is 1.37 bits per heavy atom. The maximum atomic E-state index is 11.9. The smallest absolute Gasteiger partial charge is 0.389 e.